The number of para-hydroxylation sites is 1. The number of aromatic nitrogens is 3. The summed E-state index contributed by atoms with van der Waals surface area (Å²) in [4.78, 5) is 24.5. The highest BCUT2D eigenvalue weighted by molar-refractivity contribution is 5.47. The van der Waals surface area contributed by atoms with E-state index in [2.05, 4.69) is 5.10 Å². The van der Waals surface area contributed by atoms with Gasteiger partial charge in [0, 0.05) is 0 Å². The zero-order valence-corrected chi connectivity index (χ0v) is 16.0. The highest BCUT2D eigenvalue weighted by atomic mass is 16.3. The first kappa shape index (κ1) is 19.8. The second-order valence-electron chi connectivity index (χ2n) is 6.53. The summed E-state index contributed by atoms with van der Waals surface area (Å²) < 4.78 is 2.05. The number of hydrogen-bond acceptors (Lipinski definition) is 4. The van der Waals surface area contributed by atoms with Crippen molar-refractivity contribution in [1.82, 2.24) is 14.3 Å². The van der Waals surface area contributed by atoms with Crippen molar-refractivity contribution in [2.75, 3.05) is 0 Å². The van der Waals surface area contributed by atoms with E-state index in [1.54, 1.807) is 54.6 Å². The Hall–Kier alpha value is -4.00. The van der Waals surface area contributed by atoms with E-state index in [0.29, 0.717) is 11.4 Å². The fourth-order valence-electron chi connectivity index (χ4n) is 2.71. The van der Waals surface area contributed by atoms with Crippen LogP contribution in [-0.4, -0.2) is 24.6 Å². The third-order valence-electron chi connectivity index (χ3n) is 4.21. The molecule has 0 spiro atoms. The third kappa shape index (κ3) is 4.47. The summed E-state index contributed by atoms with van der Waals surface area (Å²) in [5.74, 6) is 0.250. The average molecular weight is 391 g/mol. The first-order valence-corrected chi connectivity index (χ1v) is 8.92. The number of aromatic hydroxyl groups is 2. The maximum atomic E-state index is 12.4. The molecule has 7 nitrogen and oxygen atoms in total. The topological polar surface area (TPSA) is 100 Å². The second-order valence-corrected chi connectivity index (χ2v) is 6.53. The average Bonchev–Trinajstić information content (AvgIpc) is 3.01. The molecule has 4 aromatic rings. The molecule has 29 heavy (non-hydrogen) atoms. The van der Waals surface area contributed by atoms with Gasteiger partial charge in [0.1, 0.15) is 17.2 Å². The Bertz CT molecular complexity index is 1200. The van der Waals surface area contributed by atoms with Gasteiger partial charge in [0.15, 0.2) is 0 Å². The SMILES string of the molecule is Cc1ccc(O)c(-n2[nH]c(=O)n(-c3ccccc3)c2=O)c1.Cc1ccc(O)cc1. The quantitative estimate of drug-likeness (QED) is 0.489. The normalized spacial score (nSPS) is 10.3. The van der Waals surface area contributed by atoms with Gasteiger partial charge < -0.3 is 10.2 Å². The summed E-state index contributed by atoms with van der Waals surface area (Å²) in [6.45, 7) is 3.82. The Kier molecular flexibility index (Phi) is 5.69. The first-order chi connectivity index (χ1) is 13.9. The lowest BCUT2D eigenvalue weighted by Crippen LogP contribution is -2.26. The summed E-state index contributed by atoms with van der Waals surface area (Å²) >= 11 is 0. The van der Waals surface area contributed by atoms with Crippen molar-refractivity contribution in [2.45, 2.75) is 13.8 Å². The third-order valence-corrected chi connectivity index (χ3v) is 4.21. The van der Waals surface area contributed by atoms with E-state index in [1.807, 2.05) is 26.0 Å². The van der Waals surface area contributed by atoms with Crippen molar-refractivity contribution in [3.8, 4) is 22.9 Å². The van der Waals surface area contributed by atoms with Gasteiger partial charge in [-0.05, 0) is 55.8 Å². The first-order valence-electron chi connectivity index (χ1n) is 8.92. The lowest BCUT2D eigenvalue weighted by molar-refractivity contribution is 0.469. The Morgan fingerprint density at radius 3 is 2.03 bits per heavy atom. The van der Waals surface area contributed by atoms with Crippen LogP contribution in [0.25, 0.3) is 11.4 Å². The van der Waals surface area contributed by atoms with Gasteiger partial charge >= 0.3 is 11.4 Å². The molecule has 0 saturated carbocycles. The largest absolute Gasteiger partial charge is 0.508 e. The molecule has 7 heteroatoms. The van der Waals surface area contributed by atoms with E-state index in [0.717, 1.165) is 14.8 Å². The van der Waals surface area contributed by atoms with Gasteiger partial charge in [-0.1, -0.05) is 42.0 Å². The molecule has 0 amide bonds. The predicted molar refractivity (Wildman–Crippen MR) is 111 cm³/mol. The van der Waals surface area contributed by atoms with Gasteiger partial charge in [-0.25, -0.2) is 19.3 Å². The van der Waals surface area contributed by atoms with Crippen molar-refractivity contribution < 1.29 is 10.2 Å². The number of phenols is 2. The number of rotatable bonds is 2. The number of phenolic OH excluding ortho intramolecular Hbond substituents is 2. The molecule has 0 unspecified atom stereocenters. The predicted octanol–water partition coefficient (Wildman–Crippen LogP) is 3.03. The molecule has 3 N–H and O–H groups in total. The van der Waals surface area contributed by atoms with Gasteiger partial charge in [0.05, 0.1) is 5.69 Å². The Labute approximate surface area is 166 Å². The van der Waals surface area contributed by atoms with Crippen LogP contribution in [0, 0.1) is 13.8 Å². The number of benzene rings is 3. The van der Waals surface area contributed by atoms with Gasteiger partial charge in [-0.3, -0.25) is 0 Å². The van der Waals surface area contributed by atoms with E-state index in [1.165, 1.54) is 11.6 Å². The van der Waals surface area contributed by atoms with Crippen molar-refractivity contribution in [3.05, 3.63) is 105 Å². The lowest BCUT2D eigenvalue weighted by atomic mass is 10.2. The van der Waals surface area contributed by atoms with Crippen molar-refractivity contribution >= 4 is 0 Å². The van der Waals surface area contributed by atoms with Crippen LogP contribution in [0.1, 0.15) is 11.1 Å². The molecule has 0 aliphatic heterocycles. The van der Waals surface area contributed by atoms with Crippen LogP contribution < -0.4 is 11.4 Å². The van der Waals surface area contributed by atoms with Crippen LogP contribution in [0.5, 0.6) is 11.5 Å². The smallest absolute Gasteiger partial charge is 0.356 e. The van der Waals surface area contributed by atoms with Crippen LogP contribution in [0.4, 0.5) is 0 Å². The van der Waals surface area contributed by atoms with Crippen LogP contribution >= 0.6 is 0 Å². The van der Waals surface area contributed by atoms with Gasteiger partial charge in [-0.2, -0.15) is 4.68 Å². The summed E-state index contributed by atoms with van der Waals surface area (Å²) in [6.07, 6.45) is 0. The number of nitrogens with zero attached hydrogens (tertiary/aromatic N) is 2. The molecule has 0 fully saturated rings. The molecule has 4 rings (SSSR count). The van der Waals surface area contributed by atoms with Crippen LogP contribution in [-0.2, 0) is 0 Å². The zero-order valence-electron chi connectivity index (χ0n) is 16.0. The van der Waals surface area contributed by atoms with Crippen molar-refractivity contribution in [1.29, 1.82) is 0 Å². The molecule has 0 aliphatic rings. The molecular weight excluding hydrogens is 370 g/mol. The molecule has 0 aliphatic carbocycles. The monoisotopic (exact) mass is 391 g/mol. The Morgan fingerprint density at radius 1 is 0.793 bits per heavy atom. The van der Waals surface area contributed by atoms with Gasteiger partial charge in [-0.15, -0.1) is 0 Å². The molecule has 3 aromatic carbocycles. The van der Waals surface area contributed by atoms with Crippen molar-refractivity contribution in [2.24, 2.45) is 0 Å². The maximum Gasteiger partial charge on any atom is 0.356 e. The number of nitrogens with one attached hydrogen (secondary N) is 1. The summed E-state index contributed by atoms with van der Waals surface area (Å²) in [5.41, 5.74) is 1.62. The van der Waals surface area contributed by atoms with E-state index < -0.39 is 11.4 Å². The number of hydrogen-bond donors (Lipinski definition) is 3. The molecule has 148 valence electrons. The minimum absolute atomic E-state index is 0.0795. The Balaban J connectivity index is 0.000000252. The van der Waals surface area contributed by atoms with E-state index >= 15 is 0 Å². The zero-order chi connectivity index (χ0) is 21.0. The van der Waals surface area contributed by atoms with Crippen LogP contribution in [0.3, 0.4) is 0 Å². The highest BCUT2D eigenvalue weighted by Crippen LogP contribution is 2.20. The fourth-order valence-corrected chi connectivity index (χ4v) is 2.71. The molecule has 0 radical (unpaired) electrons. The summed E-state index contributed by atoms with van der Waals surface area (Å²) in [7, 11) is 0. The highest BCUT2D eigenvalue weighted by Gasteiger charge is 2.14. The minimum Gasteiger partial charge on any atom is -0.508 e. The molecular formula is C22H21N3O4. The van der Waals surface area contributed by atoms with Crippen LogP contribution in [0.2, 0.25) is 0 Å². The molecule has 0 atom stereocenters. The van der Waals surface area contributed by atoms with E-state index in [-0.39, 0.29) is 11.4 Å². The fraction of sp³-hybridized carbons (Fsp3) is 0.0909. The van der Waals surface area contributed by atoms with Crippen LogP contribution in [0.15, 0.2) is 82.4 Å². The second kappa shape index (κ2) is 8.35. The maximum absolute atomic E-state index is 12.4. The van der Waals surface area contributed by atoms with Crippen molar-refractivity contribution in [3.63, 3.8) is 0 Å². The number of aromatic amines is 1. The van der Waals surface area contributed by atoms with E-state index in [4.69, 9.17) is 5.11 Å². The number of H-pyrrole nitrogens is 1. The van der Waals surface area contributed by atoms with Gasteiger partial charge in [0.25, 0.3) is 0 Å². The number of aryl methyl sites for hydroxylation is 2. The molecule has 1 heterocycles. The molecule has 0 saturated heterocycles. The minimum atomic E-state index is -0.563. The summed E-state index contributed by atoms with van der Waals surface area (Å²) in [5, 5.41) is 21.1. The summed E-state index contributed by atoms with van der Waals surface area (Å²) in [6, 6.07) is 20.5. The van der Waals surface area contributed by atoms with E-state index in [9.17, 15) is 14.7 Å². The molecule has 0 bridgehead atoms. The van der Waals surface area contributed by atoms with Gasteiger partial charge in [0.2, 0.25) is 0 Å². The Morgan fingerprint density at radius 2 is 1.41 bits per heavy atom. The standard InChI is InChI=1S/C15H13N3O3.C7H8O/c1-10-7-8-13(19)12(9-10)18-15(21)17(14(20)16-18)11-5-3-2-4-6-11;1-6-2-4-7(8)5-3-6/h2-9,19H,1H3,(H,16,20);2-5,8H,1H3. The molecule has 1 aromatic heterocycles. The lowest BCUT2D eigenvalue weighted by Gasteiger charge is -2.04.